The number of benzene rings is 2. The van der Waals surface area contributed by atoms with Gasteiger partial charge in [-0.25, -0.2) is 4.79 Å². The van der Waals surface area contributed by atoms with Crippen molar-refractivity contribution in [1.82, 2.24) is 9.80 Å². The van der Waals surface area contributed by atoms with E-state index in [2.05, 4.69) is 47.5 Å². The average Bonchev–Trinajstić information content (AvgIpc) is 2.59. The fourth-order valence-electron chi connectivity index (χ4n) is 3.24. The number of carbonyl (C=O) groups is 1. The molecule has 4 heteroatoms. The van der Waals surface area contributed by atoms with E-state index in [1.165, 1.54) is 11.1 Å². The molecule has 0 aromatic heterocycles. The van der Waals surface area contributed by atoms with Gasteiger partial charge in [0.25, 0.3) is 0 Å². The van der Waals surface area contributed by atoms with Crippen molar-refractivity contribution in [3.8, 4) is 0 Å². The molecular weight excluding hydrogens is 310 g/mol. The van der Waals surface area contributed by atoms with E-state index in [0.29, 0.717) is 0 Å². The van der Waals surface area contributed by atoms with Crippen LogP contribution in [0.4, 0.5) is 10.5 Å². The van der Waals surface area contributed by atoms with Gasteiger partial charge in [-0.15, -0.1) is 0 Å². The Balaban J connectivity index is 1.53. The van der Waals surface area contributed by atoms with Crippen LogP contribution >= 0.6 is 0 Å². The first kappa shape index (κ1) is 17.5. The van der Waals surface area contributed by atoms with Crippen molar-refractivity contribution in [1.29, 1.82) is 0 Å². The molecule has 0 bridgehead atoms. The monoisotopic (exact) mass is 337 g/mol. The molecule has 0 unspecified atom stereocenters. The molecule has 1 saturated heterocycles. The zero-order valence-corrected chi connectivity index (χ0v) is 15.4. The number of hydrogen-bond acceptors (Lipinski definition) is 2. The number of piperazine rings is 1. The smallest absolute Gasteiger partial charge is 0.321 e. The summed E-state index contributed by atoms with van der Waals surface area (Å²) in [4.78, 5) is 16.9. The van der Waals surface area contributed by atoms with Crippen LogP contribution in [0.3, 0.4) is 0 Å². The van der Waals surface area contributed by atoms with Gasteiger partial charge in [0.15, 0.2) is 0 Å². The number of carbonyl (C=O) groups excluding carboxylic acids is 1. The first-order valence-electron chi connectivity index (χ1n) is 8.92. The summed E-state index contributed by atoms with van der Waals surface area (Å²) >= 11 is 0. The second-order valence-electron chi connectivity index (χ2n) is 7.00. The van der Waals surface area contributed by atoms with E-state index in [0.717, 1.165) is 49.5 Å². The van der Waals surface area contributed by atoms with Gasteiger partial charge >= 0.3 is 6.03 Å². The summed E-state index contributed by atoms with van der Waals surface area (Å²) < 4.78 is 0. The number of hydrogen-bond donors (Lipinski definition) is 1. The molecule has 4 nitrogen and oxygen atoms in total. The van der Waals surface area contributed by atoms with E-state index in [4.69, 9.17) is 0 Å². The van der Waals surface area contributed by atoms with Gasteiger partial charge in [-0.2, -0.15) is 0 Å². The largest absolute Gasteiger partial charge is 0.322 e. The van der Waals surface area contributed by atoms with Crippen molar-refractivity contribution >= 4 is 11.7 Å². The van der Waals surface area contributed by atoms with Crippen LogP contribution < -0.4 is 5.32 Å². The van der Waals surface area contributed by atoms with E-state index >= 15 is 0 Å². The van der Waals surface area contributed by atoms with Gasteiger partial charge in [-0.05, 0) is 43.5 Å². The second-order valence-corrected chi connectivity index (χ2v) is 7.00. The number of urea groups is 1. The summed E-state index contributed by atoms with van der Waals surface area (Å²) in [5.74, 6) is 0. The minimum atomic E-state index is 0.00362. The quantitative estimate of drug-likeness (QED) is 0.920. The summed E-state index contributed by atoms with van der Waals surface area (Å²) in [6.45, 7) is 10.5. The van der Waals surface area contributed by atoms with Crippen molar-refractivity contribution in [2.45, 2.75) is 27.3 Å². The maximum atomic E-state index is 12.5. The highest BCUT2D eigenvalue weighted by Crippen LogP contribution is 2.17. The summed E-state index contributed by atoms with van der Waals surface area (Å²) in [5.41, 5.74) is 5.80. The van der Waals surface area contributed by atoms with Gasteiger partial charge in [0.05, 0.1) is 0 Å². The summed E-state index contributed by atoms with van der Waals surface area (Å²) in [6, 6.07) is 14.8. The molecule has 1 heterocycles. The lowest BCUT2D eigenvalue weighted by molar-refractivity contribution is 0.143. The van der Waals surface area contributed by atoms with Crippen LogP contribution in [0.5, 0.6) is 0 Å². The molecule has 2 aromatic carbocycles. The molecule has 1 aliphatic rings. The molecule has 0 aliphatic carbocycles. The lowest BCUT2D eigenvalue weighted by atomic mass is 10.1. The number of aryl methyl sites for hydroxylation is 3. The zero-order valence-electron chi connectivity index (χ0n) is 15.4. The standard InChI is InChI=1S/C21H27N3O/c1-16-5-4-6-19(13-16)15-23-9-11-24(12-10-23)21(25)22-20-14-17(2)7-8-18(20)3/h4-8,13-14H,9-12,15H2,1-3H3,(H,22,25). The fraction of sp³-hybridized carbons (Fsp3) is 0.381. The highest BCUT2D eigenvalue weighted by molar-refractivity contribution is 5.90. The van der Waals surface area contributed by atoms with Crippen molar-refractivity contribution in [2.75, 3.05) is 31.5 Å². The van der Waals surface area contributed by atoms with Gasteiger partial charge in [0.2, 0.25) is 0 Å². The molecule has 2 amide bonds. The third-order valence-corrected chi connectivity index (χ3v) is 4.78. The Morgan fingerprint density at radius 2 is 1.68 bits per heavy atom. The van der Waals surface area contributed by atoms with Crippen molar-refractivity contribution in [2.24, 2.45) is 0 Å². The lowest BCUT2D eigenvalue weighted by Crippen LogP contribution is -2.49. The molecule has 1 aliphatic heterocycles. The second kappa shape index (κ2) is 7.70. The van der Waals surface area contributed by atoms with Gasteiger partial charge < -0.3 is 10.2 Å². The molecule has 0 spiro atoms. The van der Waals surface area contributed by atoms with Gasteiger partial charge in [-0.3, -0.25) is 4.90 Å². The number of nitrogens with zero attached hydrogens (tertiary/aromatic N) is 2. The Bertz CT molecular complexity index is 749. The summed E-state index contributed by atoms with van der Waals surface area (Å²) in [5, 5.41) is 3.06. The topological polar surface area (TPSA) is 35.6 Å². The Kier molecular flexibility index (Phi) is 5.39. The van der Waals surface area contributed by atoms with Crippen molar-refractivity contribution < 1.29 is 4.79 Å². The highest BCUT2D eigenvalue weighted by atomic mass is 16.2. The maximum absolute atomic E-state index is 12.5. The predicted molar refractivity (Wildman–Crippen MR) is 103 cm³/mol. The molecule has 25 heavy (non-hydrogen) atoms. The van der Waals surface area contributed by atoms with E-state index in [1.54, 1.807) is 0 Å². The molecule has 2 aromatic rings. The van der Waals surface area contributed by atoms with Gasteiger partial charge in [0, 0.05) is 38.4 Å². The van der Waals surface area contributed by atoms with Crippen LogP contribution in [0, 0.1) is 20.8 Å². The van der Waals surface area contributed by atoms with Crippen molar-refractivity contribution in [3.63, 3.8) is 0 Å². The minimum absolute atomic E-state index is 0.00362. The van der Waals surface area contributed by atoms with E-state index < -0.39 is 0 Å². The lowest BCUT2D eigenvalue weighted by Gasteiger charge is -2.34. The van der Waals surface area contributed by atoms with Crippen LogP contribution in [0.2, 0.25) is 0 Å². The molecule has 0 radical (unpaired) electrons. The van der Waals surface area contributed by atoms with Crippen LogP contribution in [0.15, 0.2) is 42.5 Å². The predicted octanol–water partition coefficient (Wildman–Crippen LogP) is 3.96. The van der Waals surface area contributed by atoms with E-state index in [9.17, 15) is 4.79 Å². The normalized spacial score (nSPS) is 15.2. The van der Waals surface area contributed by atoms with Crippen LogP contribution in [0.25, 0.3) is 0 Å². The first-order valence-corrected chi connectivity index (χ1v) is 8.92. The number of anilines is 1. The molecule has 132 valence electrons. The van der Waals surface area contributed by atoms with E-state index in [-0.39, 0.29) is 6.03 Å². The molecule has 0 saturated carbocycles. The molecule has 1 N–H and O–H groups in total. The van der Waals surface area contributed by atoms with Gasteiger partial charge in [0.1, 0.15) is 0 Å². The number of nitrogens with one attached hydrogen (secondary N) is 1. The summed E-state index contributed by atoms with van der Waals surface area (Å²) in [6.07, 6.45) is 0. The summed E-state index contributed by atoms with van der Waals surface area (Å²) in [7, 11) is 0. The Hall–Kier alpha value is -2.33. The molecular formula is C21H27N3O. The van der Waals surface area contributed by atoms with Crippen molar-refractivity contribution in [3.05, 3.63) is 64.7 Å². The average molecular weight is 337 g/mol. The first-order chi connectivity index (χ1) is 12.0. The highest BCUT2D eigenvalue weighted by Gasteiger charge is 2.21. The molecule has 3 rings (SSSR count). The Morgan fingerprint density at radius 1 is 0.960 bits per heavy atom. The maximum Gasteiger partial charge on any atom is 0.321 e. The van der Waals surface area contributed by atoms with Crippen LogP contribution in [-0.4, -0.2) is 42.0 Å². The third-order valence-electron chi connectivity index (χ3n) is 4.78. The van der Waals surface area contributed by atoms with E-state index in [1.807, 2.05) is 30.9 Å². The zero-order chi connectivity index (χ0) is 17.8. The fourth-order valence-corrected chi connectivity index (χ4v) is 3.24. The minimum Gasteiger partial charge on any atom is -0.322 e. The van der Waals surface area contributed by atoms with Crippen LogP contribution in [0.1, 0.15) is 22.3 Å². The third kappa shape index (κ3) is 4.60. The van der Waals surface area contributed by atoms with Gasteiger partial charge in [-0.1, -0.05) is 42.0 Å². The Labute approximate surface area is 150 Å². The Morgan fingerprint density at radius 3 is 2.40 bits per heavy atom. The van der Waals surface area contributed by atoms with Crippen LogP contribution in [-0.2, 0) is 6.54 Å². The molecule has 0 atom stereocenters. The molecule has 1 fully saturated rings. The number of rotatable bonds is 3. The SMILES string of the molecule is Cc1cccc(CN2CCN(C(=O)Nc3cc(C)ccc3C)CC2)c1. The number of amides is 2.